The van der Waals surface area contributed by atoms with E-state index in [2.05, 4.69) is 0 Å². The van der Waals surface area contributed by atoms with E-state index >= 15 is 0 Å². The summed E-state index contributed by atoms with van der Waals surface area (Å²) in [6, 6.07) is 15.0. The minimum Gasteiger partial charge on any atom is -0.484 e. The molecule has 0 saturated carbocycles. The van der Waals surface area contributed by atoms with Gasteiger partial charge in [-0.25, -0.2) is 9.18 Å². The van der Waals surface area contributed by atoms with Gasteiger partial charge < -0.3 is 18.6 Å². The van der Waals surface area contributed by atoms with E-state index in [9.17, 15) is 19.3 Å². The smallest absolute Gasteiger partial charge is 0.342 e. The number of ether oxygens (including phenoxy) is 3. The van der Waals surface area contributed by atoms with E-state index in [-0.39, 0.29) is 46.9 Å². The Labute approximate surface area is 200 Å². The molecule has 0 fully saturated rings. The first kappa shape index (κ1) is 23.7. The number of nitrogens with zero attached hydrogens (tertiary/aromatic N) is 1. The van der Waals surface area contributed by atoms with Crippen LogP contribution in [0.3, 0.4) is 0 Å². The van der Waals surface area contributed by atoms with Crippen molar-refractivity contribution in [2.75, 3.05) is 6.61 Å². The van der Waals surface area contributed by atoms with E-state index in [0.717, 1.165) is 0 Å². The van der Waals surface area contributed by atoms with Gasteiger partial charge in [-0.05, 0) is 75.4 Å². The largest absolute Gasteiger partial charge is 0.484 e. The van der Waals surface area contributed by atoms with Gasteiger partial charge in [-0.2, -0.15) is 0 Å². The summed E-state index contributed by atoms with van der Waals surface area (Å²) in [5.74, 6) is 0.169. The molecular formula is C26H22FNO7. The lowest BCUT2D eigenvalue weighted by Crippen LogP contribution is -2.08. The van der Waals surface area contributed by atoms with Gasteiger partial charge in [-0.3, -0.25) is 10.1 Å². The summed E-state index contributed by atoms with van der Waals surface area (Å²) in [5.41, 5.74) is 0.546. The van der Waals surface area contributed by atoms with Crippen molar-refractivity contribution in [2.45, 2.75) is 26.9 Å². The van der Waals surface area contributed by atoms with Crippen molar-refractivity contribution in [1.82, 2.24) is 0 Å². The van der Waals surface area contributed by atoms with Crippen molar-refractivity contribution in [3.63, 3.8) is 0 Å². The third-order valence-electron chi connectivity index (χ3n) is 4.97. The van der Waals surface area contributed by atoms with Gasteiger partial charge in [0.2, 0.25) is 0 Å². The van der Waals surface area contributed by atoms with Crippen LogP contribution in [0.5, 0.6) is 17.2 Å². The maximum atomic E-state index is 13.1. The molecule has 3 aromatic carbocycles. The van der Waals surface area contributed by atoms with Crippen molar-refractivity contribution in [1.29, 1.82) is 0 Å². The number of halogens is 1. The average Bonchev–Trinajstić information content (AvgIpc) is 3.18. The number of carbonyl (C=O) groups is 1. The molecule has 0 N–H and O–H groups in total. The topological polar surface area (TPSA) is 101 Å². The van der Waals surface area contributed by atoms with Gasteiger partial charge in [0.1, 0.15) is 34.2 Å². The lowest BCUT2D eigenvalue weighted by atomic mass is 10.0. The maximum absolute atomic E-state index is 13.1. The zero-order chi connectivity index (χ0) is 25.1. The molecule has 180 valence electrons. The molecular weight excluding hydrogens is 457 g/mol. The van der Waals surface area contributed by atoms with E-state index in [1.807, 2.05) is 0 Å². The maximum Gasteiger partial charge on any atom is 0.342 e. The molecule has 1 heterocycles. The number of nitro groups is 1. The second kappa shape index (κ2) is 9.84. The molecule has 0 aliphatic carbocycles. The molecule has 1 aromatic heterocycles. The van der Waals surface area contributed by atoms with Crippen LogP contribution >= 0.6 is 0 Å². The molecule has 0 aliphatic heterocycles. The standard InChI is InChI=1S/C26H22FNO7/c1-4-32-26(29)24-20-13-23(33-15(2)3)21(28(30)31)14-22(20)35-25(24)16-5-9-18(10-6-16)34-19-11-7-17(27)8-12-19/h5-15H,4H2,1-3H3. The minimum absolute atomic E-state index is 0.0263. The summed E-state index contributed by atoms with van der Waals surface area (Å²) >= 11 is 0. The Morgan fingerprint density at radius 1 is 1.06 bits per heavy atom. The third-order valence-corrected chi connectivity index (χ3v) is 4.97. The van der Waals surface area contributed by atoms with Gasteiger partial charge in [0, 0.05) is 10.9 Å². The van der Waals surface area contributed by atoms with Crippen LogP contribution < -0.4 is 9.47 Å². The van der Waals surface area contributed by atoms with Crippen LogP contribution in [-0.2, 0) is 4.74 Å². The van der Waals surface area contributed by atoms with Crippen LogP contribution in [0.4, 0.5) is 10.1 Å². The molecule has 0 radical (unpaired) electrons. The molecule has 0 aliphatic rings. The number of hydrogen-bond donors (Lipinski definition) is 0. The summed E-state index contributed by atoms with van der Waals surface area (Å²) in [6.45, 7) is 5.31. The van der Waals surface area contributed by atoms with Gasteiger partial charge in [0.15, 0.2) is 5.75 Å². The van der Waals surface area contributed by atoms with Gasteiger partial charge in [-0.15, -0.1) is 0 Å². The highest BCUT2D eigenvalue weighted by Crippen LogP contribution is 2.41. The van der Waals surface area contributed by atoms with Gasteiger partial charge in [-0.1, -0.05) is 0 Å². The molecule has 35 heavy (non-hydrogen) atoms. The van der Waals surface area contributed by atoms with Crippen molar-refractivity contribution >= 4 is 22.6 Å². The number of esters is 1. The van der Waals surface area contributed by atoms with E-state index in [1.165, 1.54) is 36.4 Å². The molecule has 4 aromatic rings. The minimum atomic E-state index is -0.628. The summed E-state index contributed by atoms with van der Waals surface area (Å²) in [7, 11) is 0. The van der Waals surface area contributed by atoms with E-state index in [4.69, 9.17) is 18.6 Å². The Morgan fingerprint density at radius 3 is 2.26 bits per heavy atom. The number of rotatable bonds is 8. The first-order valence-electron chi connectivity index (χ1n) is 10.9. The van der Waals surface area contributed by atoms with Crippen LogP contribution in [0.15, 0.2) is 65.1 Å². The molecule has 0 bridgehead atoms. The quantitative estimate of drug-likeness (QED) is 0.154. The normalized spacial score (nSPS) is 11.0. The summed E-state index contributed by atoms with van der Waals surface area (Å²) in [6.07, 6.45) is -0.322. The zero-order valence-electron chi connectivity index (χ0n) is 19.2. The summed E-state index contributed by atoms with van der Waals surface area (Å²) in [4.78, 5) is 23.9. The number of benzene rings is 3. The molecule has 4 rings (SSSR count). The summed E-state index contributed by atoms with van der Waals surface area (Å²) < 4.78 is 35.6. The van der Waals surface area contributed by atoms with Gasteiger partial charge >= 0.3 is 11.7 Å². The number of carbonyl (C=O) groups excluding carboxylic acids is 1. The second-order valence-electron chi connectivity index (χ2n) is 7.85. The molecule has 9 heteroatoms. The fraction of sp³-hybridized carbons (Fsp3) is 0.192. The lowest BCUT2D eigenvalue weighted by molar-refractivity contribution is -0.385. The highest BCUT2D eigenvalue weighted by Gasteiger charge is 2.28. The van der Waals surface area contributed by atoms with E-state index in [0.29, 0.717) is 22.4 Å². The Balaban J connectivity index is 1.79. The highest BCUT2D eigenvalue weighted by atomic mass is 19.1. The van der Waals surface area contributed by atoms with Crippen molar-refractivity contribution in [2.24, 2.45) is 0 Å². The third kappa shape index (κ3) is 5.08. The highest BCUT2D eigenvalue weighted by molar-refractivity contribution is 6.09. The van der Waals surface area contributed by atoms with Crippen molar-refractivity contribution in [3.05, 3.63) is 82.2 Å². The van der Waals surface area contributed by atoms with Crippen LogP contribution in [0.2, 0.25) is 0 Å². The van der Waals surface area contributed by atoms with Gasteiger partial charge in [0.05, 0.1) is 23.7 Å². The zero-order valence-corrected chi connectivity index (χ0v) is 19.2. The van der Waals surface area contributed by atoms with Crippen LogP contribution in [-0.4, -0.2) is 23.6 Å². The van der Waals surface area contributed by atoms with Crippen LogP contribution in [0.1, 0.15) is 31.1 Å². The summed E-state index contributed by atoms with van der Waals surface area (Å²) in [5, 5.41) is 11.9. The molecule has 0 saturated heterocycles. The van der Waals surface area contributed by atoms with E-state index in [1.54, 1.807) is 45.0 Å². The Morgan fingerprint density at radius 2 is 1.69 bits per heavy atom. The number of furan rings is 1. The predicted molar refractivity (Wildman–Crippen MR) is 126 cm³/mol. The Kier molecular flexibility index (Phi) is 6.68. The Hall–Kier alpha value is -4.40. The lowest BCUT2D eigenvalue weighted by Gasteiger charge is -2.10. The molecule has 0 amide bonds. The number of nitro benzene ring substituents is 1. The molecule has 0 atom stereocenters. The first-order chi connectivity index (χ1) is 16.8. The number of hydrogen-bond acceptors (Lipinski definition) is 7. The molecule has 0 spiro atoms. The average molecular weight is 479 g/mol. The van der Waals surface area contributed by atoms with Crippen LogP contribution in [0.25, 0.3) is 22.3 Å². The van der Waals surface area contributed by atoms with Gasteiger partial charge in [0.25, 0.3) is 0 Å². The SMILES string of the molecule is CCOC(=O)c1c(-c2ccc(Oc3ccc(F)cc3)cc2)oc2cc([N+](=O)[O-])c(OC(C)C)cc12. The Bertz CT molecular complexity index is 1380. The first-order valence-corrected chi connectivity index (χ1v) is 10.9. The fourth-order valence-corrected chi connectivity index (χ4v) is 3.53. The molecule has 8 nitrogen and oxygen atoms in total. The predicted octanol–water partition coefficient (Wildman–Crippen LogP) is 6.90. The monoisotopic (exact) mass is 479 g/mol. The van der Waals surface area contributed by atoms with E-state index < -0.39 is 10.9 Å². The number of fused-ring (bicyclic) bond motifs is 1. The second-order valence-corrected chi connectivity index (χ2v) is 7.85. The van der Waals surface area contributed by atoms with Crippen molar-refractivity contribution in [3.8, 4) is 28.6 Å². The van der Waals surface area contributed by atoms with Crippen LogP contribution in [0, 0.1) is 15.9 Å². The fourth-order valence-electron chi connectivity index (χ4n) is 3.53. The van der Waals surface area contributed by atoms with Crippen molar-refractivity contribution < 1.29 is 32.7 Å². The molecule has 0 unspecified atom stereocenters.